The van der Waals surface area contributed by atoms with Crippen molar-refractivity contribution in [2.75, 3.05) is 0 Å². The summed E-state index contributed by atoms with van der Waals surface area (Å²) in [5, 5.41) is 0. The van der Waals surface area contributed by atoms with Gasteiger partial charge in [-0.1, -0.05) is 65.7 Å². The molecule has 0 radical (unpaired) electrons. The van der Waals surface area contributed by atoms with Gasteiger partial charge in [0.15, 0.2) is 0 Å². The molecule has 1 heteroatoms. The van der Waals surface area contributed by atoms with Crippen molar-refractivity contribution in [1.29, 1.82) is 0 Å². The lowest BCUT2D eigenvalue weighted by atomic mass is 10.0. The Morgan fingerprint density at radius 3 is 1.88 bits per heavy atom. The summed E-state index contributed by atoms with van der Waals surface area (Å²) in [6, 6.07) is 0. The molecule has 96 valence electrons. The predicted molar refractivity (Wildman–Crippen MR) is 71.7 cm³/mol. The molecule has 0 fully saturated rings. The van der Waals surface area contributed by atoms with E-state index in [1.807, 2.05) is 0 Å². The van der Waals surface area contributed by atoms with E-state index >= 15 is 0 Å². The third kappa shape index (κ3) is 11.7. The Kier molecular flexibility index (Phi) is 10.9. The molecule has 0 amide bonds. The Morgan fingerprint density at radius 2 is 1.38 bits per heavy atom. The van der Waals surface area contributed by atoms with Gasteiger partial charge in [0.2, 0.25) is 0 Å². The second kappa shape index (κ2) is 11.2. The molecule has 0 aromatic carbocycles. The summed E-state index contributed by atoms with van der Waals surface area (Å²) in [6.45, 7) is 6.48. The maximum Gasteiger partial charge on any atom is 0.133 e. The van der Waals surface area contributed by atoms with Crippen molar-refractivity contribution in [3.63, 3.8) is 0 Å². The number of hydrogen-bond acceptors (Lipinski definition) is 1. The molecule has 0 aliphatic rings. The molecule has 0 bridgehead atoms. The van der Waals surface area contributed by atoms with Crippen molar-refractivity contribution in [2.45, 2.75) is 85.0 Å². The van der Waals surface area contributed by atoms with E-state index in [0.29, 0.717) is 11.7 Å². The zero-order valence-corrected chi connectivity index (χ0v) is 11.6. The summed E-state index contributed by atoms with van der Waals surface area (Å²) < 4.78 is 0. The van der Waals surface area contributed by atoms with Crippen LogP contribution in [0, 0.1) is 5.92 Å². The van der Waals surface area contributed by atoms with Crippen LogP contribution in [0.15, 0.2) is 0 Å². The summed E-state index contributed by atoms with van der Waals surface area (Å²) in [5.41, 5.74) is 0. The van der Waals surface area contributed by atoms with Crippen molar-refractivity contribution in [3.05, 3.63) is 0 Å². The second-order valence-electron chi connectivity index (χ2n) is 5.36. The predicted octanol–water partition coefficient (Wildman–Crippen LogP) is 5.13. The standard InChI is InChI=1S/C15H30O/c1-4-5-6-7-8-9-10-11-12-15(16)13-14(2)3/h14H,4-13H2,1-3H3. The van der Waals surface area contributed by atoms with E-state index in [2.05, 4.69) is 20.8 Å². The van der Waals surface area contributed by atoms with Crippen molar-refractivity contribution < 1.29 is 4.79 Å². The fraction of sp³-hybridized carbons (Fsp3) is 0.933. The number of Topliss-reactive ketones (excluding diaryl/α,β-unsaturated/α-hetero) is 1. The number of ketones is 1. The van der Waals surface area contributed by atoms with Crippen LogP contribution in [0.5, 0.6) is 0 Å². The largest absolute Gasteiger partial charge is 0.300 e. The van der Waals surface area contributed by atoms with Crippen LogP contribution in [0.4, 0.5) is 0 Å². The van der Waals surface area contributed by atoms with Crippen LogP contribution in [0.3, 0.4) is 0 Å². The van der Waals surface area contributed by atoms with Gasteiger partial charge in [-0.2, -0.15) is 0 Å². The summed E-state index contributed by atoms with van der Waals surface area (Å²) in [6.07, 6.45) is 12.1. The lowest BCUT2D eigenvalue weighted by Gasteiger charge is -2.04. The first-order chi connectivity index (χ1) is 7.66. The molecule has 0 atom stereocenters. The monoisotopic (exact) mass is 226 g/mol. The minimum Gasteiger partial charge on any atom is -0.300 e. The number of hydrogen-bond donors (Lipinski definition) is 0. The lowest BCUT2D eigenvalue weighted by molar-refractivity contribution is -0.119. The molecule has 0 aliphatic carbocycles. The molecular formula is C15H30O. The maximum atomic E-state index is 11.4. The molecular weight excluding hydrogens is 196 g/mol. The number of rotatable bonds is 11. The molecule has 0 aromatic heterocycles. The minimum atomic E-state index is 0.459. The first-order valence-corrected chi connectivity index (χ1v) is 7.18. The van der Waals surface area contributed by atoms with E-state index in [0.717, 1.165) is 19.3 Å². The van der Waals surface area contributed by atoms with Gasteiger partial charge in [0.1, 0.15) is 5.78 Å². The molecule has 1 nitrogen and oxygen atoms in total. The Bertz CT molecular complexity index is 161. The summed E-state index contributed by atoms with van der Waals surface area (Å²) in [7, 11) is 0. The summed E-state index contributed by atoms with van der Waals surface area (Å²) in [5.74, 6) is 0.988. The average Bonchev–Trinajstić information content (AvgIpc) is 2.21. The zero-order valence-electron chi connectivity index (χ0n) is 11.6. The minimum absolute atomic E-state index is 0.459. The Morgan fingerprint density at radius 1 is 0.875 bits per heavy atom. The summed E-state index contributed by atoms with van der Waals surface area (Å²) in [4.78, 5) is 11.4. The van der Waals surface area contributed by atoms with Crippen LogP contribution in [0.25, 0.3) is 0 Å². The van der Waals surface area contributed by atoms with E-state index in [-0.39, 0.29) is 0 Å². The zero-order chi connectivity index (χ0) is 12.2. The van der Waals surface area contributed by atoms with E-state index in [4.69, 9.17) is 0 Å². The molecule has 0 unspecified atom stereocenters. The number of unbranched alkanes of at least 4 members (excludes halogenated alkanes) is 7. The molecule has 16 heavy (non-hydrogen) atoms. The van der Waals surface area contributed by atoms with E-state index < -0.39 is 0 Å². The smallest absolute Gasteiger partial charge is 0.133 e. The fourth-order valence-corrected chi connectivity index (χ4v) is 2.01. The van der Waals surface area contributed by atoms with Crippen molar-refractivity contribution >= 4 is 5.78 Å². The van der Waals surface area contributed by atoms with Crippen LogP contribution in [-0.4, -0.2) is 5.78 Å². The topological polar surface area (TPSA) is 17.1 Å². The quantitative estimate of drug-likeness (QED) is 0.446. The highest BCUT2D eigenvalue weighted by molar-refractivity contribution is 5.78. The van der Waals surface area contributed by atoms with Crippen LogP contribution < -0.4 is 0 Å². The van der Waals surface area contributed by atoms with Gasteiger partial charge in [0.05, 0.1) is 0 Å². The highest BCUT2D eigenvalue weighted by Crippen LogP contribution is 2.11. The van der Waals surface area contributed by atoms with Gasteiger partial charge in [-0.15, -0.1) is 0 Å². The molecule has 0 saturated carbocycles. The van der Waals surface area contributed by atoms with Crippen LogP contribution >= 0.6 is 0 Å². The van der Waals surface area contributed by atoms with Gasteiger partial charge in [0.25, 0.3) is 0 Å². The highest BCUT2D eigenvalue weighted by Gasteiger charge is 2.04. The SMILES string of the molecule is CCCCCCCCCCC(=O)CC(C)C. The Hall–Kier alpha value is -0.330. The lowest BCUT2D eigenvalue weighted by Crippen LogP contribution is -2.02. The summed E-state index contributed by atoms with van der Waals surface area (Å²) >= 11 is 0. The van der Waals surface area contributed by atoms with Crippen molar-refractivity contribution in [1.82, 2.24) is 0 Å². The van der Waals surface area contributed by atoms with Gasteiger partial charge < -0.3 is 0 Å². The molecule has 0 saturated heterocycles. The highest BCUT2D eigenvalue weighted by atomic mass is 16.1. The van der Waals surface area contributed by atoms with E-state index in [1.165, 1.54) is 44.9 Å². The van der Waals surface area contributed by atoms with E-state index in [9.17, 15) is 4.79 Å². The Balaban J connectivity index is 3.11. The van der Waals surface area contributed by atoms with Gasteiger partial charge in [-0.05, 0) is 12.3 Å². The third-order valence-electron chi connectivity index (χ3n) is 2.95. The first-order valence-electron chi connectivity index (χ1n) is 7.18. The number of carbonyl (C=O) groups excluding carboxylic acids is 1. The third-order valence-corrected chi connectivity index (χ3v) is 2.95. The molecule has 0 rings (SSSR count). The fourth-order valence-electron chi connectivity index (χ4n) is 2.01. The molecule has 0 N–H and O–H groups in total. The van der Waals surface area contributed by atoms with Gasteiger partial charge in [-0.3, -0.25) is 4.79 Å². The molecule has 0 aliphatic heterocycles. The van der Waals surface area contributed by atoms with Crippen LogP contribution in [-0.2, 0) is 4.79 Å². The Labute approximate surface area is 102 Å². The van der Waals surface area contributed by atoms with Crippen molar-refractivity contribution in [2.24, 2.45) is 5.92 Å². The molecule has 0 heterocycles. The van der Waals surface area contributed by atoms with Gasteiger partial charge in [-0.25, -0.2) is 0 Å². The normalized spacial score (nSPS) is 11.0. The second-order valence-corrected chi connectivity index (χ2v) is 5.36. The van der Waals surface area contributed by atoms with Crippen LogP contribution in [0.2, 0.25) is 0 Å². The first kappa shape index (κ1) is 15.7. The van der Waals surface area contributed by atoms with Crippen molar-refractivity contribution in [3.8, 4) is 0 Å². The van der Waals surface area contributed by atoms with Crippen LogP contribution in [0.1, 0.15) is 85.0 Å². The van der Waals surface area contributed by atoms with Gasteiger partial charge in [0, 0.05) is 12.8 Å². The average molecular weight is 226 g/mol. The molecule has 0 aromatic rings. The maximum absolute atomic E-state index is 11.4. The number of carbonyl (C=O) groups is 1. The van der Waals surface area contributed by atoms with Gasteiger partial charge >= 0.3 is 0 Å². The molecule has 0 spiro atoms. The van der Waals surface area contributed by atoms with E-state index in [1.54, 1.807) is 0 Å².